The fourth-order valence-electron chi connectivity index (χ4n) is 6.16. The number of hydrogen-bond acceptors (Lipinski definition) is 7. The fourth-order valence-corrected chi connectivity index (χ4v) is 6.16. The molecule has 3 aliphatic heterocycles. The Bertz CT molecular complexity index is 1280. The average molecular weight is 495 g/mol. The van der Waals surface area contributed by atoms with Gasteiger partial charge in [0.05, 0.1) is 7.11 Å². The SMILES string of the molecule is COc1cc(CC2(CN3C[C@H]4C[C@@H](C3)c3cccc(=O)n3C4)C(=O)N(C)C(=O)N(C)C2=O)ccc1O. The number of carbonyl (C=O) groups excluding carboxylic acids is 3. The first-order valence-electron chi connectivity index (χ1n) is 12.0. The number of benzene rings is 1. The molecule has 3 aliphatic rings. The number of phenolic OH excluding ortho intramolecular Hbond substituents is 1. The number of pyridine rings is 1. The van der Waals surface area contributed by atoms with Gasteiger partial charge in [-0.1, -0.05) is 12.1 Å². The molecule has 10 heteroatoms. The van der Waals surface area contributed by atoms with Crippen LogP contribution in [0.2, 0.25) is 0 Å². The van der Waals surface area contributed by atoms with Crippen LogP contribution in [0.15, 0.2) is 41.2 Å². The molecule has 5 rings (SSSR count). The average Bonchev–Trinajstić information content (AvgIpc) is 2.87. The lowest BCUT2D eigenvalue weighted by molar-refractivity contribution is -0.159. The van der Waals surface area contributed by atoms with Crippen LogP contribution in [0.5, 0.6) is 11.5 Å². The summed E-state index contributed by atoms with van der Waals surface area (Å²) < 4.78 is 7.07. The summed E-state index contributed by atoms with van der Waals surface area (Å²) in [5, 5.41) is 10.0. The van der Waals surface area contributed by atoms with Gasteiger partial charge in [-0.15, -0.1) is 0 Å². The first kappa shape index (κ1) is 24.1. The number of likely N-dealkylation sites (tertiary alicyclic amines) is 1. The van der Waals surface area contributed by atoms with Crippen LogP contribution in [-0.2, 0) is 22.6 Å². The van der Waals surface area contributed by atoms with Gasteiger partial charge < -0.3 is 19.3 Å². The summed E-state index contributed by atoms with van der Waals surface area (Å²) in [5.41, 5.74) is 0.0809. The number of piperidine rings is 1. The minimum absolute atomic E-state index is 0.00667. The van der Waals surface area contributed by atoms with Crippen LogP contribution in [0.4, 0.5) is 4.79 Å². The Morgan fingerprint density at radius 2 is 1.72 bits per heavy atom. The number of nitrogens with zero attached hydrogens (tertiary/aromatic N) is 4. The molecule has 190 valence electrons. The van der Waals surface area contributed by atoms with Gasteiger partial charge in [-0.25, -0.2) is 4.79 Å². The van der Waals surface area contributed by atoms with Gasteiger partial charge in [-0.2, -0.15) is 0 Å². The largest absolute Gasteiger partial charge is 0.504 e. The van der Waals surface area contributed by atoms with E-state index in [0.717, 1.165) is 21.9 Å². The van der Waals surface area contributed by atoms with Crippen LogP contribution in [0.3, 0.4) is 0 Å². The molecule has 10 nitrogen and oxygen atoms in total. The van der Waals surface area contributed by atoms with Gasteiger partial charge in [0.15, 0.2) is 11.5 Å². The third-order valence-corrected chi connectivity index (χ3v) is 7.80. The van der Waals surface area contributed by atoms with E-state index in [1.807, 2.05) is 10.6 Å². The number of aromatic hydroxyl groups is 1. The molecule has 1 N–H and O–H groups in total. The highest BCUT2D eigenvalue weighted by Crippen LogP contribution is 2.40. The van der Waals surface area contributed by atoms with Crippen LogP contribution < -0.4 is 10.3 Å². The summed E-state index contributed by atoms with van der Waals surface area (Å²) >= 11 is 0. The zero-order chi connectivity index (χ0) is 25.8. The highest BCUT2D eigenvalue weighted by molar-refractivity contribution is 6.19. The van der Waals surface area contributed by atoms with Gasteiger partial charge in [0, 0.05) is 58.0 Å². The van der Waals surface area contributed by atoms with Crippen LogP contribution in [0.1, 0.15) is 23.6 Å². The van der Waals surface area contributed by atoms with Crippen molar-refractivity contribution in [1.82, 2.24) is 19.3 Å². The van der Waals surface area contributed by atoms with Crippen LogP contribution >= 0.6 is 0 Å². The molecule has 2 aromatic rings. The predicted molar refractivity (Wildman–Crippen MR) is 130 cm³/mol. The van der Waals surface area contributed by atoms with Crippen molar-refractivity contribution in [3.05, 3.63) is 58.0 Å². The smallest absolute Gasteiger partial charge is 0.332 e. The lowest BCUT2D eigenvalue weighted by Gasteiger charge is -2.48. The molecule has 36 heavy (non-hydrogen) atoms. The maximum atomic E-state index is 13.7. The van der Waals surface area contributed by atoms with Crippen molar-refractivity contribution in [1.29, 1.82) is 0 Å². The molecule has 0 unspecified atom stereocenters. The van der Waals surface area contributed by atoms with Crippen molar-refractivity contribution in [2.75, 3.05) is 40.8 Å². The molecule has 0 saturated carbocycles. The fraction of sp³-hybridized carbons (Fsp3) is 0.462. The molecule has 1 aromatic carbocycles. The first-order valence-corrected chi connectivity index (χ1v) is 12.0. The summed E-state index contributed by atoms with van der Waals surface area (Å²) in [6.45, 7) is 1.98. The number of imide groups is 2. The van der Waals surface area contributed by atoms with Crippen molar-refractivity contribution in [2.24, 2.45) is 11.3 Å². The summed E-state index contributed by atoms with van der Waals surface area (Å²) in [4.78, 5) is 56.5. The summed E-state index contributed by atoms with van der Waals surface area (Å²) in [5.74, 6) is -0.564. The standard InChI is InChI=1S/C26H30N4O6/c1-27-23(33)26(24(34)28(2)25(27)35,11-16-7-8-20(31)21(10-16)36-3)15-29-12-17-9-18(14-29)19-5-4-6-22(32)30(19)13-17/h4-8,10,17-18,31H,9,11-15H2,1-3H3/t17-,18+/m1/s1. The zero-order valence-corrected chi connectivity index (χ0v) is 20.6. The number of amides is 4. The van der Waals surface area contributed by atoms with E-state index in [9.17, 15) is 24.3 Å². The highest BCUT2D eigenvalue weighted by atomic mass is 16.5. The Balaban J connectivity index is 1.51. The van der Waals surface area contributed by atoms with Crippen molar-refractivity contribution in [3.63, 3.8) is 0 Å². The Hall–Kier alpha value is -3.66. The summed E-state index contributed by atoms with van der Waals surface area (Å²) in [6, 6.07) is 9.40. The van der Waals surface area contributed by atoms with E-state index in [1.165, 1.54) is 27.3 Å². The Labute approximate surface area is 208 Å². The minimum atomic E-state index is -1.53. The van der Waals surface area contributed by atoms with Crippen LogP contribution in [0.25, 0.3) is 0 Å². The number of carbonyl (C=O) groups is 3. The Morgan fingerprint density at radius 3 is 2.42 bits per heavy atom. The number of hydrogen-bond donors (Lipinski definition) is 1. The second kappa shape index (κ2) is 8.77. The summed E-state index contributed by atoms with van der Waals surface area (Å²) in [7, 11) is 4.22. The molecule has 4 heterocycles. The number of fused-ring (bicyclic) bond motifs is 4. The topological polar surface area (TPSA) is 112 Å². The van der Waals surface area contributed by atoms with Gasteiger partial charge >= 0.3 is 6.03 Å². The second-order valence-corrected chi connectivity index (χ2v) is 10.2. The molecule has 0 aliphatic carbocycles. The number of urea groups is 1. The van der Waals surface area contributed by atoms with Gasteiger partial charge in [0.1, 0.15) is 5.41 Å². The van der Waals surface area contributed by atoms with E-state index in [2.05, 4.69) is 4.90 Å². The van der Waals surface area contributed by atoms with Crippen molar-refractivity contribution in [3.8, 4) is 11.5 Å². The Kier molecular flexibility index (Phi) is 5.86. The molecule has 4 amide bonds. The highest BCUT2D eigenvalue weighted by Gasteiger charge is 2.56. The number of aromatic nitrogens is 1. The maximum absolute atomic E-state index is 13.7. The number of barbiturate groups is 1. The van der Waals surface area contributed by atoms with Crippen LogP contribution in [0, 0.1) is 11.3 Å². The first-order chi connectivity index (χ1) is 17.1. The Morgan fingerprint density at radius 1 is 1.00 bits per heavy atom. The quantitative estimate of drug-likeness (QED) is 0.623. The van der Waals surface area contributed by atoms with Gasteiger partial charge in [-0.3, -0.25) is 24.2 Å². The third-order valence-electron chi connectivity index (χ3n) is 7.80. The zero-order valence-electron chi connectivity index (χ0n) is 20.6. The van der Waals surface area contributed by atoms with E-state index < -0.39 is 23.3 Å². The number of rotatable bonds is 5. The molecule has 2 atom stereocenters. The molecule has 2 bridgehead atoms. The van der Waals surface area contributed by atoms with Gasteiger partial charge in [0.25, 0.3) is 5.56 Å². The molecule has 2 saturated heterocycles. The lowest BCUT2D eigenvalue weighted by atomic mass is 9.75. The number of ether oxygens (including phenoxy) is 1. The second-order valence-electron chi connectivity index (χ2n) is 10.2. The molecular formula is C26H30N4O6. The molecule has 1 aromatic heterocycles. The predicted octanol–water partition coefficient (Wildman–Crippen LogP) is 1.26. The van der Waals surface area contributed by atoms with Crippen LogP contribution in [-0.4, -0.2) is 83.1 Å². The summed E-state index contributed by atoms with van der Waals surface area (Å²) in [6.07, 6.45) is 0.993. The minimum Gasteiger partial charge on any atom is -0.504 e. The van der Waals surface area contributed by atoms with Crippen molar-refractivity contribution in [2.45, 2.75) is 25.3 Å². The van der Waals surface area contributed by atoms with E-state index in [1.54, 1.807) is 24.3 Å². The van der Waals surface area contributed by atoms with E-state index in [-0.39, 0.29) is 41.9 Å². The normalized spacial score (nSPS) is 23.6. The molecular weight excluding hydrogens is 464 g/mol. The number of methoxy groups -OCH3 is 1. The van der Waals surface area contributed by atoms with Gasteiger partial charge in [-0.05, 0) is 42.5 Å². The monoisotopic (exact) mass is 494 g/mol. The molecule has 0 spiro atoms. The number of phenols is 1. The lowest BCUT2D eigenvalue weighted by Crippen LogP contribution is -2.67. The van der Waals surface area contributed by atoms with E-state index >= 15 is 0 Å². The van der Waals surface area contributed by atoms with Gasteiger partial charge in [0.2, 0.25) is 11.8 Å². The van der Waals surface area contributed by atoms with Crippen molar-refractivity contribution >= 4 is 17.8 Å². The third kappa shape index (κ3) is 3.76. The maximum Gasteiger partial charge on any atom is 0.332 e. The molecule has 2 fully saturated rings. The van der Waals surface area contributed by atoms with Crippen molar-refractivity contribution < 1.29 is 24.2 Å². The van der Waals surface area contributed by atoms with E-state index in [0.29, 0.717) is 25.2 Å². The van der Waals surface area contributed by atoms with E-state index in [4.69, 9.17) is 4.74 Å². The molecule has 0 radical (unpaired) electrons.